The van der Waals surface area contributed by atoms with Crippen molar-refractivity contribution in [3.8, 4) is 0 Å². The number of hydrogen-bond acceptors (Lipinski definition) is 4. The topological polar surface area (TPSA) is 31.6 Å². The van der Waals surface area contributed by atoms with Gasteiger partial charge in [-0.2, -0.15) is 0 Å². The van der Waals surface area contributed by atoms with Gasteiger partial charge in [-0.15, -0.1) is 0 Å². The molecule has 1 aliphatic rings. The largest absolute Gasteiger partial charge is 0.463 e. The molecule has 1 saturated heterocycles. The standard InChI is InChI=1S/C17H31N3O/c1-14(2)11-18-12-16-5-6-17(21-16)13-19-7-9-20(10-8-19)15(3)4/h5-6,14-15,18H,7-13H2,1-4H3. The summed E-state index contributed by atoms with van der Waals surface area (Å²) in [4.78, 5) is 5.03. The maximum Gasteiger partial charge on any atom is 0.118 e. The van der Waals surface area contributed by atoms with Crippen LogP contribution in [0.5, 0.6) is 0 Å². The molecule has 1 aromatic heterocycles. The van der Waals surface area contributed by atoms with Crippen LogP contribution in [0.3, 0.4) is 0 Å². The minimum absolute atomic E-state index is 0.661. The summed E-state index contributed by atoms with van der Waals surface area (Å²) in [5, 5.41) is 3.42. The molecule has 0 radical (unpaired) electrons. The number of rotatable bonds is 7. The van der Waals surface area contributed by atoms with Crippen molar-refractivity contribution in [3.05, 3.63) is 23.7 Å². The Balaban J connectivity index is 1.73. The zero-order valence-electron chi connectivity index (χ0n) is 14.1. The van der Waals surface area contributed by atoms with E-state index in [0.29, 0.717) is 12.0 Å². The predicted octanol–water partition coefficient (Wildman–Crippen LogP) is 2.55. The van der Waals surface area contributed by atoms with Gasteiger partial charge in [0, 0.05) is 32.2 Å². The Morgan fingerprint density at radius 3 is 2.33 bits per heavy atom. The molecule has 0 aromatic carbocycles. The molecule has 0 saturated carbocycles. The fourth-order valence-electron chi connectivity index (χ4n) is 2.74. The molecule has 21 heavy (non-hydrogen) atoms. The molecule has 0 spiro atoms. The van der Waals surface area contributed by atoms with Crippen LogP contribution < -0.4 is 5.32 Å². The smallest absolute Gasteiger partial charge is 0.118 e. The second kappa shape index (κ2) is 7.97. The molecule has 0 unspecified atom stereocenters. The highest BCUT2D eigenvalue weighted by molar-refractivity contribution is 5.07. The average molecular weight is 293 g/mol. The Labute approximate surface area is 129 Å². The van der Waals surface area contributed by atoms with E-state index < -0.39 is 0 Å². The summed E-state index contributed by atoms with van der Waals surface area (Å²) >= 11 is 0. The molecule has 0 aliphatic carbocycles. The number of piperazine rings is 1. The van der Waals surface area contributed by atoms with E-state index in [1.165, 1.54) is 13.1 Å². The van der Waals surface area contributed by atoms with E-state index in [-0.39, 0.29) is 0 Å². The van der Waals surface area contributed by atoms with Crippen LogP contribution in [-0.2, 0) is 13.1 Å². The summed E-state index contributed by atoms with van der Waals surface area (Å²) in [7, 11) is 0. The maximum atomic E-state index is 5.92. The highest BCUT2D eigenvalue weighted by Gasteiger charge is 2.19. The summed E-state index contributed by atoms with van der Waals surface area (Å²) in [5.74, 6) is 2.82. The molecule has 4 heteroatoms. The van der Waals surface area contributed by atoms with Gasteiger partial charge in [-0.05, 0) is 38.4 Å². The monoisotopic (exact) mass is 293 g/mol. The van der Waals surface area contributed by atoms with Crippen LogP contribution in [0.25, 0.3) is 0 Å². The van der Waals surface area contributed by atoms with Gasteiger partial charge < -0.3 is 9.73 Å². The number of nitrogens with zero attached hydrogens (tertiary/aromatic N) is 2. The highest BCUT2D eigenvalue weighted by atomic mass is 16.3. The summed E-state index contributed by atoms with van der Waals surface area (Å²) in [6.07, 6.45) is 0. The Kier molecular flexibility index (Phi) is 6.27. The predicted molar refractivity (Wildman–Crippen MR) is 87.2 cm³/mol. The van der Waals surface area contributed by atoms with Gasteiger partial charge >= 0.3 is 0 Å². The highest BCUT2D eigenvalue weighted by Crippen LogP contribution is 2.13. The quantitative estimate of drug-likeness (QED) is 0.837. The Morgan fingerprint density at radius 2 is 1.71 bits per heavy atom. The van der Waals surface area contributed by atoms with Crippen molar-refractivity contribution in [1.29, 1.82) is 0 Å². The van der Waals surface area contributed by atoms with Crippen molar-refractivity contribution in [2.75, 3.05) is 32.7 Å². The van der Waals surface area contributed by atoms with Crippen molar-refractivity contribution >= 4 is 0 Å². The van der Waals surface area contributed by atoms with E-state index in [1.54, 1.807) is 0 Å². The van der Waals surface area contributed by atoms with Crippen LogP contribution >= 0.6 is 0 Å². The molecule has 1 N–H and O–H groups in total. The van der Waals surface area contributed by atoms with Gasteiger partial charge in [0.1, 0.15) is 11.5 Å². The van der Waals surface area contributed by atoms with Gasteiger partial charge in [0.2, 0.25) is 0 Å². The molecule has 1 aromatic rings. The SMILES string of the molecule is CC(C)CNCc1ccc(CN2CCN(C(C)C)CC2)o1. The zero-order valence-corrected chi connectivity index (χ0v) is 14.1. The minimum Gasteiger partial charge on any atom is -0.463 e. The van der Waals surface area contributed by atoms with Gasteiger partial charge in [0.05, 0.1) is 13.1 Å². The third-order valence-corrected chi connectivity index (χ3v) is 4.09. The van der Waals surface area contributed by atoms with Crippen molar-refractivity contribution in [2.45, 2.75) is 46.8 Å². The lowest BCUT2D eigenvalue weighted by molar-refractivity contribution is 0.0987. The van der Waals surface area contributed by atoms with Crippen molar-refractivity contribution in [2.24, 2.45) is 5.92 Å². The third-order valence-electron chi connectivity index (χ3n) is 4.09. The van der Waals surface area contributed by atoms with E-state index in [2.05, 4.69) is 54.9 Å². The van der Waals surface area contributed by atoms with Crippen molar-refractivity contribution < 1.29 is 4.42 Å². The second-order valence-corrected chi connectivity index (χ2v) is 6.80. The van der Waals surface area contributed by atoms with Gasteiger partial charge in [0.25, 0.3) is 0 Å². The normalized spacial score (nSPS) is 18.0. The summed E-state index contributed by atoms with van der Waals surface area (Å²) in [5.41, 5.74) is 0. The first-order valence-electron chi connectivity index (χ1n) is 8.29. The first kappa shape index (κ1) is 16.5. The third kappa shape index (κ3) is 5.46. The fourth-order valence-corrected chi connectivity index (χ4v) is 2.74. The van der Waals surface area contributed by atoms with Crippen molar-refractivity contribution in [1.82, 2.24) is 15.1 Å². The molecule has 120 valence electrons. The lowest BCUT2D eigenvalue weighted by Crippen LogP contribution is -2.48. The van der Waals surface area contributed by atoms with Gasteiger partial charge in [0.15, 0.2) is 0 Å². The Hall–Kier alpha value is -0.840. The van der Waals surface area contributed by atoms with Crippen LogP contribution in [0, 0.1) is 5.92 Å². The first-order valence-corrected chi connectivity index (χ1v) is 8.29. The molecular formula is C17H31N3O. The first-order chi connectivity index (χ1) is 10.0. The number of nitrogens with one attached hydrogen (secondary N) is 1. The Morgan fingerprint density at radius 1 is 1.05 bits per heavy atom. The molecule has 0 atom stereocenters. The fraction of sp³-hybridized carbons (Fsp3) is 0.765. The van der Waals surface area contributed by atoms with Crippen LogP contribution in [0.1, 0.15) is 39.2 Å². The summed E-state index contributed by atoms with van der Waals surface area (Å²) in [6, 6.07) is 4.89. The van der Waals surface area contributed by atoms with Gasteiger partial charge in [-0.25, -0.2) is 0 Å². The van der Waals surface area contributed by atoms with Crippen LogP contribution in [0.2, 0.25) is 0 Å². The lowest BCUT2D eigenvalue weighted by atomic mass is 10.2. The molecule has 2 heterocycles. The minimum atomic E-state index is 0.661. The molecule has 0 amide bonds. The van der Waals surface area contributed by atoms with Crippen molar-refractivity contribution in [3.63, 3.8) is 0 Å². The number of hydrogen-bond donors (Lipinski definition) is 1. The van der Waals surface area contributed by atoms with Gasteiger partial charge in [-0.1, -0.05) is 13.8 Å². The second-order valence-electron chi connectivity index (χ2n) is 6.80. The number of furan rings is 1. The molecule has 1 aliphatic heterocycles. The lowest BCUT2D eigenvalue weighted by Gasteiger charge is -2.36. The molecule has 0 bridgehead atoms. The summed E-state index contributed by atoms with van der Waals surface area (Å²) in [6.45, 7) is 16.4. The van der Waals surface area contributed by atoms with E-state index in [9.17, 15) is 0 Å². The summed E-state index contributed by atoms with van der Waals surface area (Å²) < 4.78 is 5.92. The molecule has 1 fully saturated rings. The van der Waals surface area contributed by atoms with E-state index in [0.717, 1.165) is 44.2 Å². The van der Waals surface area contributed by atoms with Crippen LogP contribution in [0.15, 0.2) is 16.5 Å². The molecular weight excluding hydrogens is 262 g/mol. The molecule has 4 nitrogen and oxygen atoms in total. The van der Waals surface area contributed by atoms with Crippen LogP contribution in [0.4, 0.5) is 0 Å². The van der Waals surface area contributed by atoms with E-state index in [4.69, 9.17) is 4.42 Å². The Bertz CT molecular complexity index is 406. The van der Waals surface area contributed by atoms with Crippen LogP contribution in [-0.4, -0.2) is 48.6 Å². The zero-order chi connectivity index (χ0) is 15.2. The maximum absolute atomic E-state index is 5.92. The van der Waals surface area contributed by atoms with E-state index >= 15 is 0 Å². The molecule has 2 rings (SSSR count). The van der Waals surface area contributed by atoms with E-state index in [1.807, 2.05) is 0 Å². The van der Waals surface area contributed by atoms with Gasteiger partial charge in [-0.3, -0.25) is 9.80 Å². The average Bonchev–Trinajstić information content (AvgIpc) is 2.86.